The van der Waals surface area contributed by atoms with Gasteiger partial charge in [0.15, 0.2) is 11.4 Å². The summed E-state index contributed by atoms with van der Waals surface area (Å²) in [6.07, 6.45) is -1.35. The van der Waals surface area contributed by atoms with Crippen LogP contribution in [0.1, 0.15) is 52.4 Å². The van der Waals surface area contributed by atoms with Crippen molar-refractivity contribution < 1.29 is 28.0 Å². The van der Waals surface area contributed by atoms with Crippen molar-refractivity contribution >= 4 is 34.8 Å². The van der Waals surface area contributed by atoms with Crippen LogP contribution in [0.3, 0.4) is 0 Å². The first kappa shape index (κ1) is 23.5. The molecule has 3 N–H and O–H groups in total. The standard InChI is InChI=1S/C24H22F2N6O4/c1-13-28-17-7-6-16(19(27)34)29-20(17)32(13)15-4-2-14(3-5-15)18(33)12-31-21(35)23(30-22(31)36)8-10-24(25,26)11-9-23/h2-7H,8-12H2,1H3,(H2,27,34)(H,30,36). The van der Waals surface area contributed by atoms with Gasteiger partial charge in [-0.1, -0.05) is 0 Å². The van der Waals surface area contributed by atoms with Crippen molar-refractivity contribution in [2.24, 2.45) is 5.73 Å². The van der Waals surface area contributed by atoms with E-state index in [-0.39, 0.29) is 24.1 Å². The molecule has 1 spiro atoms. The predicted molar refractivity (Wildman–Crippen MR) is 123 cm³/mol. The van der Waals surface area contributed by atoms with Crippen LogP contribution in [0.5, 0.6) is 0 Å². The Morgan fingerprint density at radius 1 is 1.03 bits per heavy atom. The summed E-state index contributed by atoms with van der Waals surface area (Å²) in [7, 11) is 0. The number of pyridine rings is 1. The van der Waals surface area contributed by atoms with Crippen LogP contribution in [0.25, 0.3) is 16.9 Å². The third-order valence-electron chi connectivity index (χ3n) is 6.75. The van der Waals surface area contributed by atoms with Crippen molar-refractivity contribution in [3.63, 3.8) is 0 Å². The van der Waals surface area contributed by atoms with Crippen molar-refractivity contribution in [2.75, 3.05) is 6.54 Å². The molecule has 2 aliphatic rings. The lowest BCUT2D eigenvalue weighted by Crippen LogP contribution is -2.51. The first-order valence-corrected chi connectivity index (χ1v) is 11.3. The molecule has 2 aromatic heterocycles. The molecule has 1 saturated heterocycles. The fourth-order valence-electron chi connectivity index (χ4n) is 4.75. The van der Waals surface area contributed by atoms with E-state index in [1.165, 1.54) is 18.2 Å². The fraction of sp³-hybridized carbons (Fsp3) is 0.333. The highest BCUT2D eigenvalue weighted by Crippen LogP contribution is 2.41. The van der Waals surface area contributed by atoms with E-state index in [1.54, 1.807) is 29.7 Å². The maximum atomic E-state index is 13.6. The Bertz CT molecular complexity index is 1420. The van der Waals surface area contributed by atoms with Gasteiger partial charge in [-0.25, -0.2) is 23.5 Å². The number of imidazole rings is 1. The zero-order valence-corrected chi connectivity index (χ0v) is 19.3. The number of alkyl halides is 2. The number of benzene rings is 1. The summed E-state index contributed by atoms with van der Waals surface area (Å²) < 4.78 is 28.8. The maximum absolute atomic E-state index is 13.6. The topological polar surface area (TPSA) is 140 Å². The summed E-state index contributed by atoms with van der Waals surface area (Å²) >= 11 is 0. The van der Waals surface area contributed by atoms with E-state index in [1.807, 2.05) is 0 Å². The summed E-state index contributed by atoms with van der Waals surface area (Å²) in [4.78, 5) is 59.3. The van der Waals surface area contributed by atoms with Gasteiger partial charge in [-0.05, 0) is 56.2 Å². The Labute approximate surface area is 203 Å². The number of aromatic nitrogens is 3. The Balaban J connectivity index is 1.35. The van der Waals surface area contributed by atoms with Crippen molar-refractivity contribution in [3.8, 4) is 5.69 Å². The highest BCUT2D eigenvalue weighted by atomic mass is 19.3. The Morgan fingerprint density at radius 3 is 2.33 bits per heavy atom. The molecule has 2 fully saturated rings. The minimum atomic E-state index is -2.86. The summed E-state index contributed by atoms with van der Waals surface area (Å²) in [5, 5.41) is 2.53. The Kier molecular flexibility index (Phi) is 5.34. The van der Waals surface area contributed by atoms with Gasteiger partial charge in [0.2, 0.25) is 5.92 Å². The lowest BCUT2D eigenvalue weighted by Gasteiger charge is -2.34. The van der Waals surface area contributed by atoms with E-state index in [9.17, 15) is 28.0 Å². The van der Waals surface area contributed by atoms with Gasteiger partial charge >= 0.3 is 6.03 Å². The van der Waals surface area contributed by atoms with Gasteiger partial charge in [-0.2, -0.15) is 0 Å². The quantitative estimate of drug-likeness (QED) is 0.411. The minimum Gasteiger partial charge on any atom is -0.364 e. The number of carbonyl (C=O) groups is 4. The summed E-state index contributed by atoms with van der Waals surface area (Å²) in [5.74, 6) is -4.07. The van der Waals surface area contributed by atoms with Crippen molar-refractivity contribution in [3.05, 3.63) is 53.5 Å². The zero-order chi connectivity index (χ0) is 25.8. The van der Waals surface area contributed by atoms with Crippen LogP contribution in [0.2, 0.25) is 0 Å². The van der Waals surface area contributed by atoms with Gasteiger partial charge in [0.25, 0.3) is 11.8 Å². The smallest absolute Gasteiger partial charge is 0.325 e. The fourth-order valence-corrected chi connectivity index (χ4v) is 4.75. The van der Waals surface area contributed by atoms with Gasteiger partial charge < -0.3 is 11.1 Å². The number of primary amides is 1. The number of halogens is 2. The number of nitrogens with two attached hydrogens (primary N) is 1. The number of urea groups is 1. The van der Waals surface area contributed by atoms with Crippen LogP contribution >= 0.6 is 0 Å². The summed E-state index contributed by atoms with van der Waals surface area (Å²) in [5.41, 5.74) is 5.91. The van der Waals surface area contributed by atoms with E-state index < -0.39 is 54.5 Å². The molecule has 0 atom stereocenters. The molecule has 5 rings (SSSR count). The normalized spacial score (nSPS) is 18.6. The number of nitrogens with zero attached hydrogens (tertiary/aromatic N) is 4. The molecular weight excluding hydrogens is 474 g/mol. The first-order chi connectivity index (χ1) is 17.0. The molecule has 36 heavy (non-hydrogen) atoms. The highest BCUT2D eigenvalue weighted by molar-refractivity contribution is 6.11. The van der Waals surface area contributed by atoms with E-state index in [2.05, 4.69) is 15.3 Å². The SMILES string of the molecule is Cc1nc2ccc(C(N)=O)nc2n1-c1ccc(C(=O)CN2C(=O)NC3(CCC(F)(F)CC3)C2=O)cc1. The number of amides is 4. The maximum Gasteiger partial charge on any atom is 0.325 e. The number of imide groups is 1. The minimum absolute atomic E-state index is 0.0865. The molecule has 186 valence electrons. The number of Topliss-reactive ketones (excluding diaryl/α,β-unsaturated/α-hetero) is 1. The van der Waals surface area contributed by atoms with Gasteiger partial charge in [0, 0.05) is 24.1 Å². The van der Waals surface area contributed by atoms with Crippen LogP contribution < -0.4 is 11.1 Å². The molecule has 3 aromatic rings. The monoisotopic (exact) mass is 496 g/mol. The second-order valence-electron chi connectivity index (χ2n) is 9.13. The second kappa shape index (κ2) is 8.18. The van der Waals surface area contributed by atoms with Crippen LogP contribution in [0, 0.1) is 6.92 Å². The number of hydrogen-bond donors (Lipinski definition) is 2. The van der Waals surface area contributed by atoms with Gasteiger partial charge in [-0.3, -0.25) is 23.9 Å². The molecule has 1 aliphatic carbocycles. The summed E-state index contributed by atoms with van der Waals surface area (Å²) in [6, 6.07) is 8.75. The number of fused-ring (bicyclic) bond motifs is 1. The summed E-state index contributed by atoms with van der Waals surface area (Å²) in [6.45, 7) is 1.26. The molecular formula is C24H22F2N6O4. The van der Waals surface area contributed by atoms with Crippen molar-refractivity contribution in [1.29, 1.82) is 0 Å². The molecule has 10 nitrogen and oxygen atoms in total. The van der Waals surface area contributed by atoms with Gasteiger partial charge in [-0.15, -0.1) is 0 Å². The number of nitrogens with one attached hydrogen (secondary N) is 1. The molecule has 1 saturated carbocycles. The molecule has 4 amide bonds. The molecule has 0 radical (unpaired) electrons. The van der Waals surface area contributed by atoms with E-state index in [0.717, 1.165) is 4.90 Å². The Hall–Kier alpha value is -4.22. The molecule has 1 aromatic carbocycles. The molecule has 12 heteroatoms. The highest BCUT2D eigenvalue weighted by Gasteiger charge is 2.55. The molecule has 0 unspecified atom stereocenters. The molecule has 1 aliphatic heterocycles. The predicted octanol–water partition coefficient (Wildman–Crippen LogP) is 2.51. The average molecular weight is 496 g/mol. The van der Waals surface area contributed by atoms with E-state index >= 15 is 0 Å². The average Bonchev–Trinajstić information content (AvgIpc) is 3.29. The van der Waals surface area contributed by atoms with Gasteiger partial charge in [0.05, 0.1) is 6.54 Å². The Morgan fingerprint density at radius 2 is 1.69 bits per heavy atom. The third-order valence-corrected chi connectivity index (χ3v) is 6.75. The number of aryl methyl sites for hydroxylation is 1. The second-order valence-corrected chi connectivity index (χ2v) is 9.13. The first-order valence-electron chi connectivity index (χ1n) is 11.3. The molecule has 0 bridgehead atoms. The van der Waals surface area contributed by atoms with Crippen LogP contribution in [0.15, 0.2) is 36.4 Å². The number of ketones is 1. The lowest BCUT2D eigenvalue weighted by molar-refractivity contribution is -0.135. The third kappa shape index (κ3) is 3.88. The van der Waals surface area contributed by atoms with Crippen LogP contribution in [-0.2, 0) is 4.79 Å². The van der Waals surface area contributed by atoms with Crippen molar-refractivity contribution in [2.45, 2.75) is 44.1 Å². The molecule has 3 heterocycles. The zero-order valence-electron chi connectivity index (χ0n) is 19.3. The largest absolute Gasteiger partial charge is 0.364 e. The van der Waals surface area contributed by atoms with Crippen LogP contribution in [0.4, 0.5) is 13.6 Å². The van der Waals surface area contributed by atoms with E-state index in [4.69, 9.17) is 5.73 Å². The number of carbonyl (C=O) groups excluding carboxylic acids is 4. The lowest BCUT2D eigenvalue weighted by atomic mass is 9.80. The number of rotatable bonds is 5. The van der Waals surface area contributed by atoms with Crippen LogP contribution in [-0.4, -0.2) is 61.1 Å². The number of hydrogen-bond acceptors (Lipinski definition) is 6. The van der Waals surface area contributed by atoms with Gasteiger partial charge in [0.1, 0.15) is 22.6 Å². The van der Waals surface area contributed by atoms with E-state index in [0.29, 0.717) is 22.7 Å². The van der Waals surface area contributed by atoms with Crippen molar-refractivity contribution in [1.82, 2.24) is 24.8 Å².